The van der Waals surface area contributed by atoms with Crippen molar-refractivity contribution in [1.82, 2.24) is 5.32 Å². The summed E-state index contributed by atoms with van der Waals surface area (Å²) in [6.07, 6.45) is 1.06. The molecule has 1 heterocycles. The van der Waals surface area contributed by atoms with E-state index in [1.165, 1.54) is 0 Å². The highest BCUT2D eigenvalue weighted by Gasteiger charge is 2.11. The molecule has 5 heteroatoms. The molecule has 0 aliphatic carbocycles. The molecule has 1 aromatic heterocycles. The number of nitrogens with one attached hydrogen (secondary N) is 1. The molecule has 2 rings (SSSR count). The Balaban J connectivity index is 1.71. The summed E-state index contributed by atoms with van der Waals surface area (Å²) in [5.41, 5.74) is 0. The maximum absolute atomic E-state index is 9.90. The van der Waals surface area contributed by atoms with Gasteiger partial charge in [0.2, 0.25) is 0 Å². The Bertz CT molecular complexity index is 516. The Hall–Kier alpha value is -1.30. The smallest absolute Gasteiger partial charge is 0.120 e. The minimum atomic E-state index is -0.577. The van der Waals surface area contributed by atoms with Crippen molar-refractivity contribution < 1.29 is 14.3 Å². The van der Waals surface area contributed by atoms with Crippen molar-refractivity contribution in [3.63, 3.8) is 0 Å². The molecule has 0 saturated carbocycles. The lowest BCUT2D eigenvalue weighted by atomic mass is 10.2. The van der Waals surface area contributed by atoms with Crippen LogP contribution in [0.4, 0.5) is 0 Å². The number of furan rings is 1. The van der Waals surface area contributed by atoms with Gasteiger partial charge in [0.1, 0.15) is 24.2 Å². The largest absolute Gasteiger partial charge is 0.491 e. The summed E-state index contributed by atoms with van der Waals surface area (Å²) < 4.78 is 11.8. The lowest BCUT2D eigenvalue weighted by molar-refractivity contribution is 0.103. The number of ether oxygens (including phenoxy) is 1. The lowest BCUT2D eigenvalue weighted by Crippen LogP contribution is -2.32. The van der Waals surface area contributed by atoms with Crippen LogP contribution in [0.1, 0.15) is 18.7 Å². The second-order valence-corrected chi connectivity index (χ2v) is 5.48. The van der Waals surface area contributed by atoms with Crippen molar-refractivity contribution in [3.8, 4) is 5.75 Å². The fraction of sp³-hybridized carbons (Fsp3) is 0.333. The number of hydrogen-bond acceptors (Lipinski definition) is 4. The van der Waals surface area contributed by atoms with Crippen LogP contribution in [0.3, 0.4) is 0 Å². The molecule has 0 aliphatic heterocycles. The number of aliphatic hydroxyl groups is 1. The molecule has 2 atom stereocenters. The van der Waals surface area contributed by atoms with Crippen LogP contribution in [0.5, 0.6) is 5.75 Å². The summed E-state index contributed by atoms with van der Waals surface area (Å²) in [7, 11) is 0. The van der Waals surface area contributed by atoms with Crippen LogP contribution in [0.25, 0.3) is 0 Å². The van der Waals surface area contributed by atoms with Crippen molar-refractivity contribution in [2.45, 2.75) is 19.1 Å². The number of rotatable bonds is 7. The van der Waals surface area contributed by atoms with Crippen molar-refractivity contribution in [1.29, 1.82) is 0 Å². The van der Waals surface area contributed by atoms with Gasteiger partial charge < -0.3 is 19.6 Å². The third kappa shape index (κ3) is 4.67. The van der Waals surface area contributed by atoms with Gasteiger partial charge in [-0.2, -0.15) is 0 Å². The molecule has 0 saturated heterocycles. The van der Waals surface area contributed by atoms with E-state index in [2.05, 4.69) is 21.2 Å². The van der Waals surface area contributed by atoms with Crippen molar-refractivity contribution in [2.75, 3.05) is 13.2 Å². The molecule has 0 bridgehead atoms. The highest BCUT2D eigenvalue weighted by atomic mass is 79.9. The Morgan fingerprint density at radius 2 is 2.20 bits per heavy atom. The molecular weight excluding hydrogens is 322 g/mol. The molecule has 1 aromatic carbocycles. The molecule has 0 radical (unpaired) electrons. The van der Waals surface area contributed by atoms with Crippen molar-refractivity contribution in [3.05, 3.63) is 52.9 Å². The molecular formula is C15H18BrNO3. The van der Waals surface area contributed by atoms with Gasteiger partial charge in [-0.25, -0.2) is 0 Å². The first-order valence-electron chi connectivity index (χ1n) is 6.48. The average Bonchev–Trinajstić information content (AvgIpc) is 2.97. The number of halogens is 1. The van der Waals surface area contributed by atoms with E-state index < -0.39 is 6.10 Å². The first-order chi connectivity index (χ1) is 9.65. The number of aliphatic hydroxyl groups excluding tert-OH is 1. The van der Waals surface area contributed by atoms with E-state index in [1.54, 1.807) is 6.26 Å². The lowest BCUT2D eigenvalue weighted by Gasteiger charge is -2.16. The van der Waals surface area contributed by atoms with Gasteiger partial charge >= 0.3 is 0 Å². The summed E-state index contributed by atoms with van der Waals surface area (Å²) in [5.74, 6) is 1.59. The predicted octanol–water partition coefficient (Wildman–Crippen LogP) is 3.13. The molecule has 0 spiro atoms. The first kappa shape index (κ1) is 15.1. The molecule has 0 amide bonds. The van der Waals surface area contributed by atoms with E-state index in [9.17, 15) is 5.11 Å². The maximum Gasteiger partial charge on any atom is 0.120 e. The molecule has 4 nitrogen and oxygen atoms in total. The van der Waals surface area contributed by atoms with Gasteiger partial charge in [-0.05, 0) is 37.3 Å². The first-order valence-corrected chi connectivity index (χ1v) is 7.27. The van der Waals surface area contributed by atoms with E-state index in [4.69, 9.17) is 9.15 Å². The molecule has 2 N–H and O–H groups in total. The Labute approximate surface area is 126 Å². The van der Waals surface area contributed by atoms with E-state index in [0.29, 0.717) is 6.54 Å². The van der Waals surface area contributed by atoms with Gasteiger partial charge in [0.25, 0.3) is 0 Å². The fourth-order valence-corrected chi connectivity index (χ4v) is 2.14. The van der Waals surface area contributed by atoms with Crippen LogP contribution in [-0.4, -0.2) is 24.4 Å². The molecule has 2 aromatic rings. The zero-order valence-corrected chi connectivity index (χ0v) is 12.8. The second-order valence-electron chi connectivity index (χ2n) is 4.57. The average molecular weight is 340 g/mol. The van der Waals surface area contributed by atoms with Crippen LogP contribution in [0.15, 0.2) is 51.6 Å². The van der Waals surface area contributed by atoms with Gasteiger partial charge in [-0.1, -0.05) is 22.0 Å². The zero-order valence-electron chi connectivity index (χ0n) is 11.3. The summed E-state index contributed by atoms with van der Waals surface area (Å²) in [5, 5.41) is 13.1. The number of benzene rings is 1. The topological polar surface area (TPSA) is 54.6 Å². The van der Waals surface area contributed by atoms with Gasteiger partial charge in [0.05, 0.1) is 12.3 Å². The van der Waals surface area contributed by atoms with E-state index in [1.807, 2.05) is 43.3 Å². The van der Waals surface area contributed by atoms with E-state index in [-0.39, 0.29) is 12.6 Å². The van der Waals surface area contributed by atoms with E-state index in [0.717, 1.165) is 16.0 Å². The molecule has 108 valence electrons. The summed E-state index contributed by atoms with van der Waals surface area (Å²) in [6, 6.07) is 11.4. The quantitative estimate of drug-likeness (QED) is 0.813. The second kappa shape index (κ2) is 7.47. The standard InChI is InChI=1S/C15H18BrNO3/c1-11(15-6-3-7-19-15)17-9-13(18)10-20-14-5-2-4-12(16)8-14/h2-8,11,13,17-18H,9-10H2,1H3/t11-,13?/m1/s1. The molecule has 0 aliphatic rings. The van der Waals surface area contributed by atoms with Crippen LogP contribution in [0, 0.1) is 0 Å². The fourth-order valence-electron chi connectivity index (χ4n) is 1.76. The molecule has 1 unspecified atom stereocenters. The normalized spacial score (nSPS) is 13.9. The van der Waals surface area contributed by atoms with Gasteiger partial charge in [0.15, 0.2) is 0 Å². The highest BCUT2D eigenvalue weighted by Crippen LogP contribution is 2.18. The van der Waals surface area contributed by atoms with Crippen LogP contribution < -0.4 is 10.1 Å². The van der Waals surface area contributed by atoms with Gasteiger partial charge in [0, 0.05) is 11.0 Å². The van der Waals surface area contributed by atoms with Crippen molar-refractivity contribution in [2.24, 2.45) is 0 Å². The zero-order chi connectivity index (χ0) is 14.4. The van der Waals surface area contributed by atoms with Crippen LogP contribution in [0.2, 0.25) is 0 Å². The Kier molecular flexibility index (Phi) is 5.64. The number of hydrogen-bond donors (Lipinski definition) is 2. The maximum atomic E-state index is 9.90. The van der Waals surface area contributed by atoms with Crippen LogP contribution in [-0.2, 0) is 0 Å². The van der Waals surface area contributed by atoms with E-state index >= 15 is 0 Å². The monoisotopic (exact) mass is 339 g/mol. The highest BCUT2D eigenvalue weighted by molar-refractivity contribution is 9.10. The van der Waals surface area contributed by atoms with Gasteiger partial charge in [-0.3, -0.25) is 0 Å². The predicted molar refractivity (Wildman–Crippen MR) is 80.8 cm³/mol. The third-order valence-electron chi connectivity index (χ3n) is 2.87. The Morgan fingerprint density at radius 3 is 2.90 bits per heavy atom. The van der Waals surface area contributed by atoms with Crippen LogP contribution >= 0.6 is 15.9 Å². The summed E-state index contributed by atoms with van der Waals surface area (Å²) >= 11 is 3.38. The summed E-state index contributed by atoms with van der Waals surface area (Å²) in [6.45, 7) is 2.67. The Morgan fingerprint density at radius 1 is 1.35 bits per heavy atom. The SMILES string of the molecule is C[C@@H](NCC(O)COc1cccc(Br)c1)c1ccco1. The molecule has 0 fully saturated rings. The van der Waals surface area contributed by atoms with Gasteiger partial charge in [-0.15, -0.1) is 0 Å². The minimum Gasteiger partial charge on any atom is -0.491 e. The molecule has 20 heavy (non-hydrogen) atoms. The van der Waals surface area contributed by atoms with Crippen molar-refractivity contribution >= 4 is 15.9 Å². The minimum absolute atomic E-state index is 0.0607. The third-order valence-corrected chi connectivity index (χ3v) is 3.36. The summed E-state index contributed by atoms with van der Waals surface area (Å²) in [4.78, 5) is 0.